The van der Waals surface area contributed by atoms with E-state index in [4.69, 9.17) is 4.74 Å². The molecule has 0 bridgehead atoms. The molecular weight excluding hydrogens is 440 g/mol. The molecule has 0 aliphatic rings. The molecule has 0 fully saturated rings. The Morgan fingerprint density at radius 3 is 2.44 bits per heavy atom. The molecular formula is C24H34ClF2NO4. The maximum absolute atomic E-state index is 13.9. The molecule has 0 saturated heterocycles. The van der Waals surface area contributed by atoms with Gasteiger partial charge in [-0.15, -0.1) is 12.4 Å². The fourth-order valence-corrected chi connectivity index (χ4v) is 3.27. The van der Waals surface area contributed by atoms with Gasteiger partial charge in [-0.05, 0) is 42.6 Å². The van der Waals surface area contributed by atoms with E-state index in [1.165, 1.54) is 6.07 Å². The minimum Gasteiger partial charge on any atom is -0.508 e. The highest BCUT2D eigenvalue weighted by molar-refractivity contribution is 5.85. The van der Waals surface area contributed by atoms with Crippen molar-refractivity contribution in [3.63, 3.8) is 0 Å². The van der Waals surface area contributed by atoms with Gasteiger partial charge in [-0.25, -0.2) is 8.78 Å². The van der Waals surface area contributed by atoms with E-state index in [0.29, 0.717) is 29.8 Å². The van der Waals surface area contributed by atoms with E-state index in [2.05, 4.69) is 5.32 Å². The molecule has 0 saturated carbocycles. The lowest BCUT2D eigenvalue weighted by atomic mass is 10.1. The predicted molar refractivity (Wildman–Crippen MR) is 123 cm³/mol. The quantitative estimate of drug-likeness (QED) is 0.288. The number of aliphatic hydroxyl groups is 2. The molecule has 180 valence electrons. The van der Waals surface area contributed by atoms with E-state index in [1.54, 1.807) is 42.5 Å². The number of halogens is 3. The summed E-state index contributed by atoms with van der Waals surface area (Å²) in [5, 5.41) is 32.1. The second kappa shape index (κ2) is 15.1. The minimum absolute atomic E-state index is 0. The van der Waals surface area contributed by atoms with Crippen LogP contribution in [0.2, 0.25) is 0 Å². The lowest BCUT2D eigenvalue weighted by molar-refractivity contribution is -0.0765. The SMILES string of the molecule is Cl.OCc1cc(C(O)CNCCCCCCOCC(F)(F)Cc2ccccc2)ccc1O. The van der Waals surface area contributed by atoms with Crippen LogP contribution < -0.4 is 5.32 Å². The van der Waals surface area contributed by atoms with Gasteiger partial charge in [0.1, 0.15) is 12.4 Å². The number of benzene rings is 2. The van der Waals surface area contributed by atoms with Crippen molar-refractivity contribution >= 4 is 12.4 Å². The van der Waals surface area contributed by atoms with Crippen molar-refractivity contribution in [1.82, 2.24) is 5.32 Å². The molecule has 0 aliphatic carbocycles. The Balaban J connectivity index is 0.00000512. The van der Waals surface area contributed by atoms with Crippen molar-refractivity contribution < 1.29 is 28.8 Å². The summed E-state index contributed by atoms with van der Waals surface area (Å²) in [4.78, 5) is 0. The van der Waals surface area contributed by atoms with Gasteiger partial charge in [-0.3, -0.25) is 0 Å². The van der Waals surface area contributed by atoms with Gasteiger partial charge in [0.25, 0.3) is 5.92 Å². The molecule has 0 amide bonds. The summed E-state index contributed by atoms with van der Waals surface area (Å²) in [6.45, 7) is 0.586. The number of aliphatic hydroxyl groups excluding tert-OH is 2. The zero-order chi connectivity index (χ0) is 22.5. The molecule has 1 atom stereocenters. The molecule has 2 rings (SSSR count). The molecule has 2 aromatic carbocycles. The monoisotopic (exact) mass is 473 g/mol. The molecule has 0 aromatic heterocycles. The van der Waals surface area contributed by atoms with Gasteiger partial charge in [-0.1, -0.05) is 49.2 Å². The maximum Gasteiger partial charge on any atom is 0.274 e. The molecule has 8 heteroatoms. The lowest BCUT2D eigenvalue weighted by Crippen LogP contribution is -2.26. The van der Waals surface area contributed by atoms with Crippen LogP contribution in [0.4, 0.5) is 8.78 Å². The number of unbranched alkanes of at least 4 members (excludes halogenated alkanes) is 3. The highest BCUT2D eigenvalue weighted by Gasteiger charge is 2.29. The van der Waals surface area contributed by atoms with Gasteiger partial charge in [0, 0.05) is 25.1 Å². The van der Waals surface area contributed by atoms with Gasteiger partial charge in [-0.2, -0.15) is 0 Å². The summed E-state index contributed by atoms with van der Waals surface area (Å²) in [5.41, 5.74) is 1.63. The van der Waals surface area contributed by atoms with Crippen molar-refractivity contribution in [2.24, 2.45) is 0 Å². The van der Waals surface area contributed by atoms with Crippen LogP contribution in [0, 0.1) is 0 Å². The Bertz CT molecular complexity index is 765. The highest BCUT2D eigenvalue weighted by Crippen LogP contribution is 2.22. The van der Waals surface area contributed by atoms with Gasteiger partial charge in [0.05, 0.1) is 12.7 Å². The first-order chi connectivity index (χ1) is 14.9. The summed E-state index contributed by atoms with van der Waals surface area (Å²) >= 11 is 0. The number of ether oxygens (including phenoxy) is 1. The fourth-order valence-electron chi connectivity index (χ4n) is 3.27. The smallest absolute Gasteiger partial charge is 0.274 e. The van der Waals surface area contributed by atoms with Crippen molar-refractivity contribution in [3.05, 3.63) is 65.2 Å². The van der Waals surface area contributed by atoms with E-state index in [0.717, 1.165) is 32.2 Å². The zero-order valence-corrected chi connectivity index (χ0v) is 19.0. The molecule has 5 nitrogen and oxygen atoms in total. The number of alkyl halides is 2. The Kier molecular flexibility index (Phi) is 13.4. The number of hydrogen-bond donors (Lipinski definition) is 4. The Hall–Kier alpha value is -1.77. The minimum atomic E-state index is -2.86. The van der Waals surface area contributed by atoms with E-state index in [1.807, 2.05) is 0 Å². The van der Waals surface area contributed by atoms with Crippen molar-refractivity contribution in [2.75, 3.05) is 26.3 Å². The number of rotatable bonds is 15. The van der Waals surface area contributed by atoms with Gasteiger partial charge in [0.15, 0.2) is 0 Å². The standard InChI is InChI=1S/C24H33F2NO4.ClH/c25-24(26,15-19-8-4-3-5-9-19)18-31-13-7-2-1-6-12-27-16-23(30)20-10-11-22(29)21(14-20)17-28;/h3-5,8-11,14,23,27-30H,1-2,6-7,12-13,15-18H2;1H. The van der Waals surface area contributed by atoms with Crippen LogP contribution in [0.25, 0.3) is 0 Å². The third-order valence-corrected chi connectivity index (χ3v) is 5.01. The molecule has 0 aliphatic heterocycles. The molecule has 2 aromatic rings. The Labute approximate surface area is 194 Å². The second-order valence-corrected chi connectivity index (χ2v) is 7.75. The molecule has 1 unspecified atom stereocenters. The first-order valence-electron chi connectivity index (χ1n) is 10.7. The van der Waals surface area contributed by atoms with Crippen LogP contribution >= 0.6 is 12.4 Å². The van der Waals surface area contributed by atoms with Crippen LogP contribution in [0.15, 0.2) is 48.5 Å². The third-order valence-electron chi connectivity index (χ3n) is 5.01. The van der Waals surface area contributed by atoms with Crippen molar-refractivity contribution in [1.29, 1.82) is 0 Å². The first kappa shape index (κ1) is 28.3. The summed E-state index contributed by atoms with van der Waals surface area (Å²) < 4.78 is 33.0. The van der Waals surface area contributed by atoms with Crippen LogP contribution in [0.5, 0.6) is 5.75 Å². The Morgan fingerprint density at radius 2 is 1.72 bits per heavy atom. The molecule has 32 heavy (non-hydrogen) atoms. The number of phenols is 1. The average molecular weight is 474 g/mol. The summed E-state index contributed by atoms with van der Waals surface area (Å²) in [7, 11) is 0. The van der Waals surface area contributed by atoms with Crippen LogP contribution in [0.1, 0.15) is 48.5 Å². The number of aromatic hydroxyl groups is 1. The molecule has 0 spiro atoms. The molecule has 0 radical (unpaired) electrons. The average Bonchev–Trinajstić information content (AvgIpc) is 2.75. The summed E-state index contributed by atoms with van der Waals surface area (Å²) in [6, 6.07) is 13.4. The van der Waals surface area contributed by atoms with E-state index >= 15 is 0 Å². The van der Waals surface area contributed by atoms with Crippen LogP contribution in [0.3, 0.4) is 0 Å². The van der Waals surface area contributed by atoms with Crippen LogP contribution in [-0.4, -0.2) is 47.5 Å². The van der Waals surface area contributed by atoms with E-state index in [9.17, 15) is 24.1 Å². The first-order valence-corrected chi connectivity index (χ1v) is 10.7. The van der Waals surface area contributed by atoms with Gasteiger partial charge < -0.3 is 25.4 Å². The molecule has 0 heterocycles. The predicted octanol–water partition coefficient (Wildman–Crippen LogP) is 4.38. The Morgan fingerprint density at radius 1 is 1.00 bits per heavy atom. The number of hydrogen-bond acceptors (Lipinski definition) is 5. The highest BCUT2D eigenvalue weighted by atomic mass is 35.5. The van der Waals surface area contributed by atoms with Gasteiger partial charge >= 0.3 is 0 Å². The van der Waals surface area contributed by atoms with Gasteiger partial charge in [0.2, 0.25) is 0 Å². The summed E-state index contributed by atoms with van der Waals surface area (Å²) in [5.74, 6) is -2.85. The number of nitrogens with one attached hydrogen (secondary N) is 1. The third kappa shape index (κ3) is 10.7. The maximum atomic E-state index is 13.9. The van der Waals surface area contributed by atoms with E-state index in [-0.39, 0.29) is 31.2 Å². The van der Waals surface area contributed by atoms with E-state index < -0.39 is 18.6 Å². The zero-order valence-electron chi connectivity index (χ0n) is 18.2. The fraction of sp³-hybridized carbons (Fsp3) is 0.500. The topological polar surface area (TPSA) is 82.0 Å². The lowest BCUT2D eigenvalue weighted by Gasteiger charge is -2.16. The summed E-state index contributed by atoms with van der Waals surface area (Å²) in [6.07, 6.45) is 2.46. The van der Waals surface area contributed by atoms with Crippen LogP contribution in [-0.2, 0) is 17.8 Å². The van der Waals surface area contributed by atoms with Crippen molar-refractivity contribution in [2.45, 2.75) is 50.7 Å². The second-order valence-electron chi connectivity index (χ2n) is 7.75. The van der Waals surface area contributed by atoms with Crippen molar-refractivity contribution in [3.8, 4) is 5.75 Å². The normalized spacial score (nSPS) is 12.4. The molecule has 4 N–H and O–H groups in total. The largest absolute Gasteiger partial charge is 0.508 e.